The van der Waals surface area contributed by atoms with Crippen LogP contribution in [-0.2, 0) is 0 Å². The first-order valence-corrected chi connectivity index (χ1v) is 5.29. The van der Waals surface area contributed by atoms with E-state index in [2.05, 4.69) is 0 Å². The summed E-state index contributed by atoms with van der Waals surface area (Å²) in [6.07, 6.45) is 3.54. The maximum atomic E-state index is 10.1. The fourth-order valence-electron chi connectivity index (χ4n) is 1.95. The van der Waals surface area contributed by atoms with Gasteiger partial charge in [0.25, 0.3) is 0 Å². The Morgan fingerprint density at radius 2 is 1.75 bits per heavy atom. The summed E-state index contributed by atoms with van der Waals surface area (Å²) in [6.45, 7) is 1.99. The van der Waals surface area contributed by atoms with Crippen molar-refractivity contribution in [2.45, 2.75) is 13.0 Å². The number of hydrogen-bond acceptors (Lipinski definition) is 3. The summed E-state index contributed by atoms with van der Waals surface area (Å²) in [5.74, 6) is 1.47. The zero-order valence-electron chi connectivity index (χ0n) is 9.73. The van der Waals surface area contributed by atoms with Crippen LogP contribution < -0.4 is 9.47 Å². The van der Waals surface area contributed by atoms with E-state index in [9.17, 15) is 5.11 Å². The predicted molar refractivity (Wildman–Crippen MR) is 62.7 cm³/mol. The van der Waals surface area contributed by atoms with Crippen molar-refractivity contribution in [3.63, 3.8) is 0 Å². The van der Waals surface area contributed by atoms with Crippen LogP contribution in [0.4, 0.5) is 0 Å². The molecule has 1 N–H and O–H groups in total. The van der Waals surface area contributed by atoms with Gasteiger partial charge < -0.3 is 14.6 Å². The molecule has 0 heterocycles. The molecule has 0 saturated carbocycles. The van der Waals surface area contributed by atoms with Gasteiger partial charge in [-0.25, -0.2) is 0 Å². The molecule has 0 fully saturated rings. The monoisotopic (exact) mass is 220 g/mol. The van der Waals surface area contributed by atoms with Crippen molar-refractivity contribution in [3.05, 3.63) is 29.3 Å². The van der Waals surface area contributed by atoms with Crippen molar-refractivity contribution < 1.29 is 14.6 Å². The Bertz CT molecular complexity index is 423. The second-order valence-corrected chi connectivity index (χ2v) is 4.00. The van der Waals surface area contributed by atoms with E-state index in [-0.39, 0.29) is 5.92 Å². The first kappa shape index (κ1) is 11.0. The van der Waals surface area contributed by atoms with Crippen LogP contribution in [0.5, 0.6) is 11.5 Å². The van der Waals surface area contributed by atoms with Gasteiger partial charge in [0.1, 0.15) is 0 Å². The molecule has 2 rings (SSSR count). The maximum Gasteiger partial charge on any atom is 0.161 e. The predicted octanol–water partition coefficient (Wildman–Crippen LogP) is 2.40. The molecule has 0 aliphatic heterocycles. The summed E-state index contributed by atoms with van der Waals surface area (Å²) >= 11 is 0. The van der Waals surface area contributed by atoms with E-state index in [1.165, 1.54) is 0 Å². The maximum absolute atomic E-state index is 10.1. The lowest BCUT2D eigenvalue weighted by molar-refractivity contribution is 0.137. The molecule has 0 spiro atoms. The Labute approximate surface area is 95.3 Å². The fraction of sp³-hybridized carbons (Fsp3) is 0.385. The molecule has 0 bridgehead atoms. The van der Waals surface area contributed by atoms with Crippen LogP contribution in [0.1, 0.15) is 24.2 Å². The van der Waals surface area contributed by atoms with E-state index in [0.29, 0.717) is 11.5 Å². The van der Waals surface area contributed by atoms with Crippen molar-refractivity contribution in [1.29, 1.82) is 0 Å². The quantitative estimate of drug-likeness (QED) is 0.831. The summed E-state index contributed by atoms with van der Waals surface area (Å²) in [7, 11) is 3.20. The van der Waals surface area contributed by atoms with Gasteiger partial charge in [-0.2, -0.15) is 0 Å². The van der Waals surface area contributed by atoms with Gasteiger partial charge in [0.2, 0.25) is 0 Å². The van der Waals surface area contributed by atoms with Crippen LogP contribution in [-0.4, -0.2) is 19.3 Å². The highest BCUT2D eigenvalue weighted by molar-refractivity contribution is 5.63. The number of aliphatic hydroxyl groups is 1. The molecule has 0 radical (unpaired) electrons. The van der Waals surface area contributed by atoms with Crippen molar-refractivity contribution >= 4 is 6.08 Å². The number of ether oxygens (including phenoxy) is 2. The van der Waals surface area contributed by atoms with Crippen LogP contribution in [0.15, 0.2) is 18.2 Å². The van der Waals surface area contributed by atoms with Gasteiger partial charge in [-0.1, -0.05) is 19.1 Å². The van der Waals surface area contributed by atoms with Gasteiger partial charge >= 0.3 is 0 Å². The molecular weight excluding hydrogens is 204 g/mol. The Kier molecular flexibility index (Phi) is 2.88. The molecule has 1 aliphatic rings. The van der Waals surface area contributed by atoms with E-state index < -0.39 is 6.10 Å². The third kappa shape index (κ3) is 1.67. The molecule has 1 aliphatic carbocycles. The molecule has 0 unspecified atom stereocenters. The van der Waals surface area contributed by atoms with E-state index >= 15 is 0 Å². The summed E-state index contributed by atoms with van der Waals surface area (Å²) in [5.41, 5.74) is 1.89. The Hall–Kier alpha value is -1.48. The summed E-state index contributed by atoms with van der Waals surface area (Å²) in [6, 6.07) is 3.73. The van der Waals surface area contributed by atoms with Crippen molar-refractivity contribution in [2.24, 2.45) is 5.92 Å². The molecule has 0 saturated heterocycles. The molecule has 3 heteroatoms. The molecule has 86 valence electrons. The second-order valence-electron chi connectivity index (χ2n) is 4.00. The minimum Gasteiger partial charge on any atom is -0.493 e. The van der Waals surface area contributed by atoms with Crippen molar-refractivity contribution in [3.8, 4) is 11.5 Å². The number of hydrogen-bond donors (Lipinski definition) is 1. The first-order valence-electron chi connectivity index (χ1n) is 5.29. The lowest BCUT2D eigenvalue weighted by atomic mass is 9.87. The Morgan fingerprint density at radius 3 is 2.38 bits per heavy atom. The average molecular weight is 220 g/mol. The van der Waals surface area contributed by atoms with Crippen LogP contribution >= 0.6 is 0 Å². The molecule has 1 aromatic carbocycles. The van der Waals surface area contributed by atoms with Crippen LogP contribution in [0, 0.1) is 5.92 Å². The molecule has 0 amide bonds. The van der Waals surface area contributed by atoms with Crippen molar-refractivity contribution in [2.75, 3.05) is 14.2 Å². The molecular formula is C13H16O3. The average Bonchev–Trinajstić information content (AvgIpc) is 2.32. The summed E-state index contributed by atoms with van der Waals surface area (Å²) in [5, 5.41) is 10.1. The molecule has 3 nitrogen and oxygen atoms in total. The number of fused-ring (bicyclic) bond motifs is 1. The number of methoxy groups -OCH3 is 2. The van der Waals surface area contributed by atoms with Gasteiger partial charge in [0, 0.05) is 5.92 Å². The third-order valence-electron chi connectivity index (χ3n) is 2.99. The lowest BCUT2D eigenvalue weighted by Crippen LogP contribution is -2.12. The van der Waals surface area contributed by atoms with Gasteiger partial charge in [-0.05, 0) is 23.3 Å². The molecule has 16 heavy (non-hydrogen) atoms. The fourth-order valence-corrected chi connectivity index (χ4v) is 1.95. The third-order valence-corrected chi connectivity index (χ3v) is 2.99. The minimum absolute atomic E-state index is 0.130. The van der Waals surface area contributed by atoms with Gasteiger partial charge in [-0.15, -0.1) is 0 Å². The van der Waals surface area contributed by atoms with Gasteiger partial charge in [-0.3, -0.25) is 0 Å². The Balaban J connectivity index is 2.54. The van der Waals surface area contributed by atoms with Gasteiger partial charge in [0.05, 0.1) is 20.3 Å². The van der Waals surface area contributed by atoms with Crippen LogP contribution in [0.25, 0.3) is 6.08 Å². The molecule has 0 aromatic heterocycles. The van der Waals surface area contributed by atoms with E-state index in [1.54, 1.807) is 14.2 Å². The highest BCUT2D eigenvalue weighted by Crippen LogP contribution is 2.38. The highest BCUT2D eigenvalue weighted by atomic mass is 16.5. The number of rotatable bonds is 2. The smallest absolute Gasteiger partial charge is 0.161 e. The van der Waals surface area contributed by atoms with Crippen LogP contribution in [0.2, 0.25) is 0 Å². The van der Waals surface area contributed by atoms with E-state index in [1.807, 2.05) is 31.2 Å². The summed E-state index contributed by atoms with van der Waals surface area (Å²) < 4.78 is 10.4. The minimum atomic E-state index is -0.472. The largest absolute Gasteiger partial charge is 0.493 e. The SMILES string of the molecule is COc1cc2c(cc1OC)[C@H](O)[C@@H](C)C=C2. The van der Waals surface area contributed by atoms with Crippen LogP contribution in [0.3, 0.4) is 0 Å². The zero-order valence-corrected chi connectivity index (χ0v) is 9.73. The van der Waals surface area contributed by atoms with E-state index in [4.69, 9.17) is 9.47 Å². The topological polar surface area (TPSA) is 38.7 Å². The number of benzene rings is 1. The molecule has 1 aromatic rings. The Morgan fingerprint density at radius 1 is 1.12 bits per heavy atom. The van der Waals surface area contributed by atoms with Crippen molar-refractivity contribution in [1.82, 2.24) is 0 Å². The first-order chi connectivity index (χ1) is 7.67. The standard InChI is InChI=1S/C13H16O3/c1-8-4-5-9-6-11(15-2)12(16-3)7-10(9)13(8)14/h4-8,13-14H,1-3H3/t8-,13+/m0/s1. The normalized spacial score (nSPS) is 22.8. The lowest BCUT2D eigenvalue weighted by Gasteiger charge is -2.24. The molecule has 2 atom stereocenters. The van der Waals surface area contributed by atoms with E-state index in [0.717, 1.165) is 11.1 Å². The second kappa shape index (κ2) is 4.18. The zero-order chi connectivity index (χ0) is 11.7. The highest BCUT2D eigenvalue weighted by Gasteiger charge is 2.22. The number of aliphatic hydroxyl groups excluding tert-OH is 1. The van der Waals surface area contributed by atoms with Gasteiger partial charge in [0.15, 0.2) is 11.5 Å². The summed E-state index contributed by atoms with van der Waals surface area (Å²) in [4.78, 5) is 0.